The monoisotopic (exact) mass is 696 g/mol. The molecule has 5 fully saturated rings. The van der Waals surface area contributed by atoms with Crippen molar-refractivity contribution in [2.24, 2.45) is 17.3 Å². The van der Waals surface area contributed by atoms with Gasteiger partial charge in [0.05, 0.1) is 23.9 Å². The lowest BCUT2D eigenvalue weighted by atomic mass is 9.70. The summed E-state index contributed by atoms with van der Waals surface area (Å²) in [5.41, 5.74) is -3.70. The third-order valence-corrected chi connectivity index (χ3v) is 11.7. The van der Waals surface area contributed by atoms with Crippen molar-refractivity contribution in [2.75, 3.05) is 40.8 Å². The summed E-state index contributed by atoms with van der Waals surface area (Å²) in [6, 6.07) is -0.647. The first kappa shape index (κ1) is 39.9. The third kappa shape index (κ3) is 8.13. The quantitative estimate of drug-likeness (QED) is 0.266. The van der Waals surface area contributed by atoms with Gasteiger partial charge in [0.15, 0.2) is 17.7 Å². The van der Waals surface area contributed by atoms with Crippen LogP contribution in [0.2, 0.25) is 0 Å². The van der Waals surface area contributed by atoms with E-state index in [1.165, 1.54) is 0 Å². The molecular weight excluding hydrogens is 632 g/mol. The van der Waals surface area contributed by atoms with Crippen molar-refractivity contribution in [3.8, 4) is 0 Å². The number of fused-ring (bicyclic) bond motifs is 10. The third-order valence-electron chi connectivity index (χ3n) is 11.7. The van der Waals surface area contributed by atoms with Crippen LogP contribution >= 0.6 is 0 Å². The zero-order chi connectivity index (χ0) is 36.6. The molecule has 0 aromatic rings. The number of amides is 1. The van der Waals surface area contributed by atoms with Gasteiger partial charge < -0.3 is 49.2 Å². The number of ketones is 1. The highest BCUT2D eigenvalue weighted by Crippen LogP contribution is 2.43. The molecule has 3 unspecified atom stereocenters. The number of carbonyl (C=O) groups is 3. The average Bonchev–Trinajstić information content (AvgIpc) is 3.33. The second-order valence-electron chi connectivity index (χ2n) is 16.4. The van der Waals surface area contributed by atoms with Crippen LogP contribution in [-0.4, -0.2) is 140 Å². The molecular formula is C36H64N4O9. The second kappa shape index (κ2) is 15.4. The summed E-state index contributed by atoms with van der Waals surface area (Å²) in [7, 11) is 5.86. The molecule has 5 rings (SSSR count). The number of hydrogen-bond donors (Lipinski definition) is 3. The van der Waals surface area contributed by atoms with Crippen LogP contribution in [0.25, 0.3) is 0 Å². The Kier molecular flexibility index (Phi) is 12.5. The van der Waals surface area contributed by atoms with E-state index in [1.54, 1.807) is 20.8 Å². The number of hydrogen-bond acceptors (Lipinski definition) is 12. The fourth-order valence-corrected chi connectivity index (χ4v) is 8.65. The Morgan fingerprint density at radius 3 is 2.43 bits per heavy atom. The average molecular weight is 697 g/mol. The largest absolute Gasteiger partial charge is 0.457 e. The van der Waals surface area contributed by atoms with Crippen molar-refractivity contribution in [1.29, 1.82) is 0 Å². The molecule has 0 aliphatic carbocycles. The normalized spacial score (nSPS) is 44.5. The lowest BCUT2D eigenvalue weighted by Crippen LogP contribution is -2.62. The number of alkyl carbamates (subject to hydrolysis) is 1. The summed E-state index contributed by atoms with van der Waals surface area (Å²) in [5, 5.41) is 18.0. The number of esters is 1. The molecule has 5 aliphatic heterocycles. The minimum atomic E-state index is -1.56. The fraction of sp³-hybridized carbons (Fsp3) is 0.917. The van der Waals surface area contributed by atoms with E-state index in [2.05, 4.69) is 36.3 Å². The Labute approximate surface area is 293 Å². The first-order chi connectivity index (χ1) is 22.8. The Hall–Kier alpha value is -1.87. The molecule has 0 aromatic carbocycles. The van der Waals surface area contributed by atoms with Crippen LogP contribution in [0.3, 0.4) is 0 Å². The predicted molar refractivity (Wildman–Crippen MR) is 184 cm³/mol. The molecule has 0 spiro atoms. The molecule has 13 atom stereocenters. The van der Waals surface area contributed by atoms with Crippen LogP contribution in [0.15, 0.2) is 0 Å². The summed E-state index contributed by atoms with van der Waals surface area (Å²) in [4.78, 5) is 45.8. The number of aliphatic hydroxyl groups excluding tert-OH is 1. The van der Waals surface area contributed by atoms with Crippen molar-refractivity contribution < 1.29 is 43.2 Å². The summed E-state index contributed by atoms with van der Waals surface area (Å²) >= 11 is 0. The fourth-order valence-electron chi connectivity index (χ4n) is 8.65. The molecule has 13 heteroatoms. The van der Waals surface area contributed by atoms with Gasteiger partial charge in [0.1, 0.15) is 17.6 Å². The van der Waals surface area contributed by atoms with Crippen molar-refractivity contribution in [2.45, 2.75) is 154 Å². The number of nitrogens with one attached hydrogen (secondary N) is 2. The van der Waals surface area contributed by atoms with E-state index in [-0.39, 0.29) is 49.0 Å². The molecule has 49 heavy (non-hydrogen) atoms. The maximum Gasteiger partial charge on any atom is 0.408 e. The summed E-state index contributed by atoms with van der Waals surface area (Å²) < 4.78 is 32.1. The molecule has 0 aromatic heterocycles. The Morgan fingerprint density at radius 1 is 1.14 bits per heavy atom. The summed E-state index contributed by atoms with van der Waals surface area (Å²) in [6.45, 7) is 18.7. The molecule has 0 radical (unpaired) electrons. The van der Waals surface area contributed by atoms with Crippen LogP contribution in [0, 0.1) is 17.3 Å². The molecule has 13 nitrogen and oxygen atoms in total. The van der Waals surface area contributed by atoms with Crippen LogP contribution in [0.5, 0.6) is 0 Å². The van der Waals surface area contributed by atoms with E-state index in [1.807, 2.05) is 46.8 Å². The maximum atomic E-state index is 14.7. The van der Waals surface area contributed by atoms with E-state index < -0.39 is 65.2 Å². The Morgan fingerprint density at radius 2 is 1.82 bits per heavy atom. The van der Waals surface area contributed by atoms with Gasteiger partial charge in [-0.1, -0.05) is 34.6 Å². The highest BCUT2D eigenvalue weighted by atomic mass is 16.7. The molecule has 282 valence electrons. The zero-order valence-electron chi connectivity index (χ0n) is 31.9. The minimum Gasteiger partial charge on any atom is -0.457 e. The summed E-state index contributed by atoms with van der Waals surface area (Å²) in [5.74, 6) is -1.78. The lowest BCUT2D eigenvalue weighted by Gasteiger charge is -2.49. The predicted octanol–water partition coefficient (Wildman–Crippen LogP) is 2.72. The van der Waals surface area contributed by atoms with Gasteiger partial charge in [0.2, 0.25) is 0 Å². The van der Waals surface area contributed by atoms with E-state index in [4.69, 9.17) is 23.7 Å². The first-order valence-corrected chi connectivity index (χ1v) is 18.2. The molecule has 5 saturated heterocycles. The minimum absolute atomic E-state index is 0.0561. The number of rotatable bonds is 7. The van der Waals surface area contributed by atoms with Crippen LogP contribution < -0.4 is 10.6 Å². The van der Waals surface area contributed by atoms with Gasteiger partial charge in [-0.3, -0.25) is 9.59 Å². The van der Waals surface area contributed by atoms with E-state index >= 15 is 0 Å². The molecule has 1 amide bonds. The van der Waals surface area contributed by atoms with Crippen molar-refractivity contribution in [3.05, 3.63) is 0 Å². The van der Waals surface area contributed by atoms with Crippen molar-refractivity contribution >= 4 is 17.8 Å². The lowest BCUT2D eigenvalue weighted by molar-refractivity contribution is -0.301. The van der Waals surface area contributed by atoms with E-state index in [0.29, 0.717) is 32.4 Å². The van der Waals surface area contributed by atoms with Gasteiger partial charge >= 0.3 is 12.1 Å². The molecule has 5 heterocycles. The maximum absolute atomic E-state index is 14.7. The van der Waals surface area contributed by atoms with Crippen LogP contribution in [0.4, 0.5) is 4.79 Å². The van der Waals surface area contributed by atoms with Gasteiger partial charge in [0, 0.05) is 43.7 Å². The van der Waals surface area contributed by atoms with E-state index in [0.717, 1.165) is 0 Å². The summed E-state index contributed by atoms with van der Waals surface area (Å²) in [6.07, 6.45) is -2.87. The Bertz CT molecular complexity index is 1190. The van der Waals surface area contributed by atoms with E-state index in [9.17, 15) is 19.5 Å². The molecule has 3 N–H and O–H groups in total. The van der Waals surface area contributed by atoms with Gasteiger partial charge in [-0.25, -0.2) is 4.79 Å². The highest BCUT2D eigenvalue weighted by molar-refractivity contribution is 6.04. The van der Waals surface area contributed by atoms with Crippen LogP contribution in [-0.2, 0) is 33.3 Å². The number of nitrogens with zero attached hydrogens (tertiary/aromatic N) is 2. The topological polar surface area (TPSA) is 148 Å². The zero-order valence-corrected chi connectivity index (χ0v) is 31.9. The number of likely N-dealkylation sites (N-methyl/N-ethyl adjacent to an activating group) is 2. The van der Waals surface area contributed by atoms with Crippen molar-refractivity contribution in [1.82, 2.24) is 20.4 Å². The van der Waals surface area contributed by atoms with Gasteiger partial charge in [-0.05, 0) is 80.4 Å². The number of ether oxygens (including phenoxy) is 5. The second-order valence-corrected chi connectivity index (χ2v) is 16.4. The number of Topliss-reactive ketones (excluding diaryl/α,β-unsaturated/α-hetero) is 1. The number of carbonyl (C=O) groups excluding carboxylic acids is 3. The standard InChI is InChI=1S/C36H64N4O9/c1-13-26-36(9)28(38-33(44)49-36)23(6)40(12)19-21(4)17-35(8)30(22(5)29(42)34(7,14-15-45-35)32(43)47-26)48-31-27(41)25(39(10)11)16-24(46-31)18-37-20(2)3/h20-28,30-31,37,41H,13-19H2,1-12H3,(H,38,44)/t21-,22+,23-,24?,25?,26-,27?,28-,30-,31+,34+,35+,36-/m1/s1. The van der Waals surface area contributed by atoms with Crippen molar-refractivity contribution in [3.63, 3.8) is 0 Å². The van der Waals surface area contributed by atoms with Gasteiger partial charge in [0.25, 0.3) is 0 Å². The molecule has 0 saturated carbocycles. The smallest absolute Gasteiger partial charge is 0.408 e. The molecule has 5 aliphatic rings. The SMILES string of the molecule is CC[C@H]1OC(=O)[C@@]2(C)CCO[C@@](C)(C[C@@H](C)CN(C)[C@H](C)[C@H]3NC(=O)O[C@@]31C)[C@H](O[C@@H]1OC(CNC(C)C)CC(N(C)C)C1O)[C@@H](C)C2=O. The van der Waals surface area contributed by atoms with Gasteiger partial charge in [-0.15, -0.1) is 0 Å². The van der Waals surface area contributed by atoms with Gasteiger partial charge in [-0.2, -0.15) is 0 Å². The highest BCUT2D eigenvalue weighted by Gasteiger charge is 2.59. The number of aliphatic hydroxyl groups is 1. The van der Waals surface area contributed by atoms with Crippen LogP contribution in [0.1, 0.15) is 88.0 Å². The molecule has 2 bridgehead atoms. The first-order valence-electron chi connectivity index (χ1n) is 18.2. The Balaban J connectivity index is 1.77.